The highest BCUT2D eigenvalue weighted by atomic mass is 31.2. The number of ether oxygens (including phenoxy) is 5. The third kappa shape index (κ3) is 13.2. The van der Waals surface area contributed by atoms with Gasteiger partial charge < -0.3 is 28.6 Å². The molecule has 2 unspecified atom stereocenters. The van der Waals surface area contributed by atoms with E-state index < -0.39 is 37.8 Å². The van der Waals surface area contributed by atoms with Crippen molar-refractivity contribution in [3.63, 3.8) is 0 Å². The molecule has 1 aliphatic heterocycles. The average molecular weight is 742 g/mol. The lowest BCUT2D eigenvalue weighted by molar-refractivity contribution is -0.204. The summed E-state index contributed by atoms with van der Waals surface area (Å²) in [5.74, 6) is -0.866. The van der Waals surface area contributed by atoms with Gasteiger partial charge in [-0.05, 0) is 48.8 Å². The molecule has 3 aromatic rings. The van der Waals surface area contributed by atoms with Crippen molar-refractivity contribution in [3.05, 3.63) is 108 Å². The fourth-order valence-electron chi connectivity index (χ4n) is 6.08. The molecule has 1 fully saturated rings. The van der Waals surface area contributed by atoms with Crippen LogP contribution in [0.4, 0.5) is 0 Å². The van der Waals surface area contributed by atoms with Crippen LogP contribution in [0.3, 0.4) is 0 Å². The number of unbranched alkanes of at least 4 members (excludes halogenated alkanes) is 2. The maximum Gasteiger partial charge on any atom is 0.472 e. The Labute approximate surface area is 306 Å². The molecule has 0 aromatic heterocycles. The van der Waals surface area contributed by atoms with Gasteiger partial charge in [0.1, 0.15) is 6.10 Å². The summed E-state index contributed by atoms with van der Waals surface area (Å²) < 4.78 is 52.0. The Morgan fingerprint density at radius 3 is 1.96 bits per heavy atom. The zero-order valence-corrected chi connectivity index (χ0v) is 31.0. The monoisotopic (exact) mass is 741 g/mol. The van der Waals surface area contributed by atoms with Crippen molar-refractivity contribution in [2.45, 2.75) is 75.4 Å². The van der Waals surface area contributed by atoms with Crippen LogP contribution in [0.2, 0.25) is 0 Å². The molecule has 12 nitrogen and oxygen atoms in total. The van der Waals surface area contributed by atoms with E-state index >= 15 is 0 Å². The molecule has 0 aliphatic carbocycles. The summed E-state index contributed by atoms with van der Waals surface area (Å²) in [5.41, 5.74) is 1.83. The zero-order chi connectivity index (χ0) is 37.1. The van der Waals surface area contributed by atoms with Crippen LogP contribution in [0.1, 0.15) is 68.1 Å². The van der Waals surface area contributed by atoms with E-state index in [1.165, 1.54) is 14.2 Å². The number of hydrogen-bond acceptors (Lipinski definition) is 11. The van der Waals surface area contributed by atoms with E-state index in [0.717, 1.165) is 36.0 Å². The lowest BCUT2D eigenvalue weighted by atomic mass is 9.77. The predicted molar refractivity (Wildman–Crippen MR) is 194 cm³/mol. The first-order valence-electron chi connectivity index (χ1n) is 17.8. The van der Waals surface area contributed by atoms with Gasteiger partial charge in [0.2, 0.25) is 0 Å². The van der Waals surface area contributed by atoms with Crippen molar-refractivity contribution in [3.8, 4) is 0 Å². The molecule has 0 radical (unpaired) electrons. The van der Waals surface area contributed by atoms with Crippen molar-refractivity contribution in [1.82, 2.24) is 5.32 Å². The summed E-state index contributed by atoms with van der Waals surface area (Å²) in [6, 6.07) is 29.5. The number of methoxy groups -OCH3 is 2. The summed E-state index contributed by atoms with van der Waals surface area (Å²) in [5, 5.41) is 3.60. The second-order valence-corrected chi connectivity index (χ2v) is 13.9. The second kappa shape index (κ2) is 21.9. The summed E-state index contributed by atoms with van der Waals surface area (Å²) in [4.78, 5) is 34.9. The first-order valence-corrected chi connectivity index (χ1v) is 19.3. The minimum Gasteiger partial charge on any atom is -0.469 e. The van der Waals surface area contributed by atoms with Crippen molar-refractivity contribution < 1.29 is 51.8 Å². The number of phosphoric acid groups is 1. The van der Waals surface area contributed by atoms with E-state index in [9.17, 15) is 19.0 Å². The van der Waals surface area contributed by atoms with Gasteiger partial charge in [-0.3, -0.25) is 24.0 Å². The van der Waals surface area contributed by atoms with Gasteiger partial charge in [0.25, 0.3) is 0 Å². The third-order valence-corrected chi connectivity index (χ3v) is 9.77. The molecule has 0 spiro atoms. The van der Waals surface area contributed by atoms with Crippen LogP contribution in [-0.4, -0.2) is 82.5 Å². The van der Waals surface area contributed by atoms with Gasteiger partial charge in [0.05, 0.1) is 45.5 Å². The molecule has 2 N–H and O–H groups in total. The van der Waals surface area contributed by atoms with E-state index in [-0.39, 0.29) is 32.1 Å². The number of carbonyl (C=O) groups is 2. The van der Waals surface area contributed by atoms with E-state index in [0.29, 0.717) is 38.9 Å². The average Bonchev–Trinajstić information content (AvgIpc) is 3.18. The molecule has 0 saturated carbocycles. The Morgan fingerprint density at radius 2 is 1.42 bits per heavy atom. The van der Waals surface area contributed by atoms with E-state index in [2.05, 4.69) is 10.1 Å². The van der Waals surface area contributed by atoms with Gasteiger partial charge in [0, 0.05) is 26.2 Å². The zero-order valence-electron chi connectivity index (χ0n) is 30.1. The minimum absolute atomic E-state index is 0.0311. The van der Waals surface area contributed by atoms with Gasteiger partial charge in [0.15, 0.2) is 6.29 Å². The van der Waals surface area contributed by atoms with Crippen molar-refractivity contribution in [2.75, 3.05) is 47.2 Å². The Morgan fingerprint density at radius 1 is 0.827 bits per heavy atom. The molecule has 52 heavy (non-hydrogen) atoms. The smallest absolute Gasteiger partial charge is 0.469 e. The second-order valence-electron chi connectivity index (χ2n) is 12.5. The topological polar surface area (TPSA) is 148 Å². The molecule has 1 aliphatic rings. The Kier molecular flexibility index (Phi) is 17.4. The van der Waals surface area contributed by atoms with Gasteiger partial charge in [-0.1, -0.05) is 97.4 Å². The molecule has 4 rings (SSSR count). The Balaban J connectivity index is 1.47. The number of benzene rings is 3. The maximum atomic E-state index is 13.5. The van der Waals surface area contributed by atoms with Crippen LogP contribution in [0, 0.1) is 0 Å². The van der Waals surface area contributed by atoms with Gasteiger partial charge >= 0.3 is 19.8 Å². The quantitative estimate of drug-likeness (QED) is 0.0487. The van der Waals surface area contributed by atoms with Crippen LogP contribution in [0.15, 0.2) is 91.0 Å². The lowest BCUT2D eigenvalue weighted by Gasteiger charge is -2.38. The SMILES string of the molecule is COC(=O)CCCCCOC[C@H](COP(=O)(O)O[C@H](CNC(c1ccccc1)(c1ccccc1)c1ccccc1)CC(=O)OC)OC1CCCCO1. The van der Waals surface area contributed by atoms with E-state index in [1.807, 2.05) is 91.0 Å². The van der Waals surface area contributed by atoms with Crippen LogP contribution in [-0.2, 0) is 52.4 Å². The summed E-state index contributed by atoms with van der Waals surface area (Å²) in [7, 11) is -2.14. The van der Waals surface area contributed by atoms with E-state index in [4.69, 9.17) is 28.0 Å². The predicted octanol–water partition coefficient (Wildman–Crippen LogP) is 6.30. The highest BCUT2D eigenvalue weighted by molar-refractivity contribution is 7.47. The third-order valence-electron chi connectivity index (χ3n) is 8.73. The van der Waals surface area contributed by atoms with Gasteiger partial charge in [-0.15, -0.1) is 0 Å². The molecule has 4 atom stereocenters. The highest BCUT2D eigenvalue weighted by Crippen LogP contribution is 2.46. The fourth-order valence-corrected chi connectivity index (χ4v) is 7.02. The number of phosphoric ester groups is 1. The largest absolute Gasteiger partial charge is 0.472 e. The molecule has 3 aromatic carbocycles. The van der Waals surface area contributed by atoms with Gasteiger partial charge in [-0.25, -0.2) is 4.57 Å². The van der Waals surface area contributed by atoms with Crippen molar-refractivity contribution in [1.29, 1.82) is 0 Å². The molecular formula is C39H52NO11P. The molecule has 1 saturated heterocycles. The van der Waals surface area contributed by atoms with Crippen molar-refractivity contribution in [2.24, 2.45) is 0 Å². The first kappa shape index (κ1) is 41.3. The molecule has 0 amide bonds. The molecular weight excluding hydrogens is 689 g/mol. The number of hydrogen-bond donors (Lipinski definition) is 2. The first-order chi connectivity index (χ1) is 25.3. The van der Waals surface area contributed by atoms with Gasteiger partial charge in [-0.2, -0.15) is 0 Å². The van der Waals surface area contributed by atoms with Crippen LogP contribution >= 0.6 is 7.82 Å². The van der Waals surface area contributed by atoms with E-state index in [1.54, 1.807) is 0 Å². The summed E-state index contributed by atoms with van der Waals surface area (Å²) in [6.45, 7) is 0.683. The lowest BCUT2D eigenvalue weighted by Crippen LogP contribution is -2.48. The maximum absolute atomic E-state index is 13.5. The number of esters is 2. The highest BCUT2D eigenvalue weighted by Gasteiger charge is 2.38. The van der Waals surface area contributed by atoms with Crippen LogP contribution in [0.5, 0.6) is 0 Å². The normalized spacial score (nSPS) is 17.1. The molecule has 284 valence electrons. The molecule has 1 heterocycles. The number of carbonyl (C=O) groups excluding carboxylic acids is 2. The summed E-state index contributed by atoms with van der Waals surface area (Å²) >= 11 is 0. The Hall–Kier alpha value is -3.45. The van der Waals surface area contributed by atoms with Crippen LogP contribution < -0.4 is 5.32 Å². The molecule has 0 bridgehead atoms. The number of nitrogens with one attached hydrogen (secondary N) is 1. The van der Waals surface area contributed by atoms with Crippen LogP contribution in [0.25, 0.3) is 0 Å². The van der Waals surface area contributed by atoms with Crippen molar-refractivity contribution >= 4 is 19.8 Å². The Bertz CT molecular complexity index is 1410. The number of rotatable bonds is 23. The fraction of sp³-hybridized carbons (Fsp3) is 0.487. The summed E-state index contributed by atoms with van der Waals surface area (Å²) in [6.07, 6.45) is 2.38. The minimum atomic E-state index is -4.75. The molecule has 13 heteroatoms. The standard InChI is InChI=1S/C39H52NO11P/c1-45-36(41)23-13-6-15-25-47-29-35(50-38-24-14-16-26-48-38)30-49-52(43,44)51-34(27-37(42)46-2)28-40-39(31-17-7-3-8-18-31,32-19-9-4-10-20-32)33-21-11-5-12-22-33/h3-5,7-12,17-22,34-35,38,40H,6,13-16,23-30H2,1-2H3,(H,43,44)/t34-,35+,38?/m0/s1.